The summed E-state index contributed by atoms with van der Waals surface area (Å²) in [4.78, 5) is 20.8. The van der Waals surface area contributed by atoms with Crippen LogP contribution in [0.15, 0.2) is 12.1 Å². The Hall–Kier alpha value is -2.25. The third-order valence-corrected chi connectivity index (χ3v) is 3.65. The predicted molar refractivity (Wildman–Crippen MR) is 70.0 cm³/mol. The summed E-state index contributed by atoms with van der Waals surface area (Å²) in [7, 11) is 0. The lowest BCUT2D eigenvalue weighted by Crippen LogP contribution is -2.37. The van der Waals surface area contributed by atoms with E-state index < -0.39 is 45.9 Å². The Morgan fingerprint density at radius 2 is 1.86 bits per heavy atom. The molecule has 0 radical (unpaired) electrons. The van der Waals surface area contributed by atoms with E-state index in [1.165, 1.54) is 0 Å². The van der Waals surface area contributed by atoms with Crippen LogP contribution in [0.2, 0.25) is 0 Å². The molecule has 1 aliphatic rings. The predicted octanol–water partition coefficient (Wildman–Crippen LogP) is 2.93. The molecule has 2 atom stereocenters. The minimum absolute atomic E-state index is 0.434. The van der Waals surface area contributed by atoms with Gasteiger partial charge in [0.1, 0.15) is 5.69 Å². The van der Waals surface area contributed by atoms with Gasteiger partial charge in [0.05, 0.1) is 23.0 Å². The van der Waals surface area contributed by atoms with Gasteiger partial charge in [-0.2, -0.15) is 0 Å². The number of carboxylic acid groups (broad SMARTS) is 1. The molecule has 0 aliphatic heterocycles. The molecule has 6 nitrogen and oxygen atoms in total. The number of hydrogen-bond acceptors (Lipinski definition) is 4. The van der Waals surface area contributed by atoms with Gasteiger partial charge in [-0.25, -0.2) is 8.78 Å². The maximum atomic E-state index is 13.8. The first-order valence-electron chi connectivity index (χ1n) is 6.53. The van der Waals surface area contributed by atoms with Crippen molar-refractivity contribution in [2.45, 2.75) is 31.7 Å². The Kier molecular flexibility index (Phi) is 4.35. The molecule has 0 saturated heterocycles. The molecule has 21 heavy (non-hydrogen) atoms. The van der Waals surface area contributed by atoms with Crippen LogP contribution in [-0.2, 0) is 4.79 Å². The summed E-state index contributed by atoms with van der Waals surface area (Å²) < 4.78 is 27.6. The van der Waals surface area contributed by atoms with Gasteiger partial charge in [0, 0.05) is 6.04 Å². The van der Waals surface area contributed by atoms with Crippen molar-refractivity contribution >= 4 is 17.3 Å². The molecule has 0 amide bonds. The lowest BCUT2D eigenvalue weighted by atomic mass is 9.84. The van der Waals surface area contributed by atoms with Crippen molar-refractivity contribution < 1.29 is 23.6 Å². The second-order valence-corrected chi connectivity index (χ2v) is 5.02. The van der Waals surface area contributed by atoms with Crippen LogP contribution < -0.4 is 5.32 Å². The van der Waals surface area contributed by atoms with Crippen molar-refractivity contribution in [3.63, 3.8) is 0 Å². The van der Waals surface area contributed by atoms with Crippen LogP contribution in [0.25, 0.3) is 0 Å². The minimum atomic E-state index is -1.10. The van der Waals surface area contributed by atoms with E-state index >= 15 is 0 Å². The summed E-state index contributed by atoms with van der Waals surface area (Å²) in [5.74, 6) is -3.95. The maximum Gasteiger partial charge on any atom is 0.308 e. The first-order chi connectivity index (χ1) is 9.90. The molecule has 1 saturated carbocycles. The number of halogens is 2. The summed E-state index contributed by atoms with van der Waals surface area (Å²) >= 11 is 0. The number of anilines is 1. The van der Waals surface area contributed by atoms with Crippen molar-refractivity contribution in [2.75, 3.05) is 5.32 Å². The van der Waals surface area contributed by atoms with E-state index in [0.717, 1.165) is 12.8 Å². The maximum absolute atomic E-state index is 13.8. The van der Waals surface area contributed by atoms with Gasteiger partial charge < -0.3 is 10.4 Å². The normalized spacial score (nSPS) is 21.8. The number of non-ortho nitro benzene ring substituents is 1. The van der Waals surface area contributed by atoms with Crippen molar-refractivity contribution in [3.05, 3.63) is 33.9 Å². The average Bonchev–Trinajstić information content (AvgIpc) is 2.42. The van der Waals surface area contributed by atoms with Crippen LogP contribution in [0.4, 0.5) is 20.2 Å². The zero-order chi connectivity index (χ0) is 15.6. The van der Waals surface area contributed by atoms with E-state index in [-0.39, 0.29) is 0 Å². The Balaban J connectivity index is 2.26. The topological polar surface area (TPSA) is 92.5 Å². The van der Waals surface area contributed by atoms with E-state index in [0.29, 0.717) is 25.0 Å². The Morgan fingerprint density at radius 3 is 2.38 bits per heavy atom. The molecule has 0 aromatic heterocycles. The number of aliphatic carboxylic acids is 1. The van der Waals surface area contributed by atoms with Gasteiger partial charge in [-0.1, -0.05) is 12.8 Å². The molecular weight excluding hydrogens is 286 g/mol. The van der Waals surface area contributed by atoms with Crippen molar-refractivity contribution in [3.8, 4) is 0 Å². The van der Waals surface area contributed by atoms with Gasteiger partial charge in [0.25, 0.3) is 5.69 Å². The van der Waals surface area contributed by atoms with E-state index in [2.05, 4.69) is 5.32 Å². The molecule has 1 aromatic carbocycles. The minimum Gasteiger partial charge on any atom is -0.481 e. The number of rotatable bonds is 4. The van der Waals surface area contributed by atoms with Crippen LogP contribution in [0, 0.1) is 27.7 Å². The fraction of sp³-hybridized carbons (Fsp3) is 0.462. The molecule has 0 heterocycles. The molecule has 0 spiro atoms. The smallest absolute Gasteiger partial charge is 0.308 e. The molecule has 114 valence electrons. The number of nitrogens with one attached hydrogen (secondary N) is 1. The number of benzene rings is 1. The third kappa shape index (κ3) is 3.26. The fourth-order valence-corrected chi connectivity index (χ4v) is 2.59. The fourth-order valence-electron chi connectivity index (χ4n) is 2.59. The lowest BCUT2D eigenvalue weighted by Gasteiger charge is -2.30. The van der Waals surface area contributed by atoms with E-state index in [9.17, 15) is 23.7 Å². The molecular formula is C13H14F2N2O4. The third-order valence-electron chi connectivity index (χ3n) is 3.65. The SMILES string of the molecule is O=C(O)C1CCCCC1Nc1c(F)cc([N+](=O)[O-])cc1F. The molecule has 1 aliphatic carbocycles. The number of nitrogens with zero attached hydrogens (tertiary/aromatic N) is 1. The summed E-state index contributed by atoms with van der Waals surface area (Å²) in [5, 5.41) is 22.2. The van der Waals surface area contributed by atoms with Gasteiger partial charge in [0.2, 0.25) is 0 Å². The largest absolute Gasteiger partial charge is 0.481 e. The van der Waals surface area contributed by atoms with Crippen LogP contribution >= 0.6 is 0 Å². The highest BCUT2D eigenvalue weighted by Gasteiger charge is 2.32. The molecule has 0 bridgehead atoms. The number of nitro benzene ring substituents is 1. The molecule has 2 N–H and O–H groups in total. The summed E-state index contributed by atoms with van der Waals surface area (Å²) in [5.41, 5.74) is -1.20. The molecule has 2 unspecified atom stereocenters. The number of carboxylic acids is 1. The van der Waals surface area contributed by atoms with E-state index in [4.69, 9.17) is 5.11 Å². The molecule has 8 heteroatoms. The van der Waals surface area contributed by atoms with Gasteiger partial charge in [-0.15, -0.1) is 0 Å². The quantitative estimate of drug-likeness (QED) is 0.659. The zero-order valence-corrected chi connectivity index (χ0v) is 11.0. The lowest BCUT2D eigenvalue weighted by molar-refractivity contribution is -0.385. The van der Waals surface area contributed by atoms with Crippen LogP contribution in [0.5, 0.6) is 0 Å². The first-order valence-corrected chi connectivity index (χ1v) is 6.53. The van der Waals surface area contributed by atoms with Crippen LogP contribution in [0.1, 0.15) is 25.7 Å². The van der Waals surface area contributed by atoms with E-state index in [1.807, 2.05) is 0 Å². The van der Waals surface area contributed by atoms with Crippen molar-refractivity contribution in [2.24, 2.45) is 5.92 Å². The Labute approximate surface area is 118 Å². The average molecular weight is 300 g/mol. The van der Waals surface area contributed by atoms with Gasteiger partial charge in [-0.05, 0) is 12.8 Å². The highest BCUT2D eigenvalue weighted by molar-refractivity contribution is 5.72. The van der Waals surface area contributed by atoms with Crippen LogP contribution in [0.3, 0.4) is 0 Å². The Morgan fingerprint density at radius 1 is 1.29 bits per heavy atom. The van der Waals surface area contributed by atoms with E-state index in [1.54, 1.807) is 0 Å². The molecule has 1 fully saturated rings. The van der Waals surface area contributed by atoms with Crippen LogP contribution in [-0.4, -0.2) is 22.0 Å². The zero-order valence-electron chi connectivity index (χ0n) is 11.0. The monoisotopic (exact) mass is 300 g/mol. The first kappa shape index (κ1) is 15.1. The standard InChI is InChI=1S/C13H14F2N2O4/c14-9-5-7(17(20)21)6-10(15)12(9)16-11-4-2-1-3-8(11)13(18)19/h5-6,8,11,16H,1-4H2,(H,18,19). The highest BCUT2D eigenvalue weighted by Crippen LogP contribution is 2.31. The van der Waals surface area contributed by atoms with Crippen molar-refractivity contribution in [1.29, 1.82) is 0 Å². The molecule has 2 rings (SSSR count). The number of hydrogen-bond donors (Lipinski definition) is 2. The summed E-state index contributed by atoms with van der Waals surface area (Å²) in [6.45, 7) is 0. The second kappa shape index (κ2) is 6.02. The summed E-state index contributed by atoms with van der Waals surface area (Å²) in [6, 6.07) is 0.635. The highest BCUT2D eigenvalue weighted by atomic mass is 19.1. The summed E-state index contributed by atoms with van der Waals surface area (Å²) in [6.07, 6.45) is 2.42. The number of nitro groups is 1. The van der Waals surface area contributed by atoms with Crippen molar-refractivity contribution in [1.82, 2.24) is 0 Å². The van der Waals surface area contributed by atoms with Gasteiger partial charge >= 0.3 is 5.97 Å². The number of carbonyl (C=O) groups is 1. The van der Waals surface area contributed by atoms with Gasteiger partial charge in [-0.3, -0.25) is 14.9 Å². The van der Waals surface area contributed by atoms with Gasteiger partial charge in [0.15, 0.2) is 11.6 Å². The Bertz CT molecular complexity index is 556. The second-order valence-electron chi connectivity index (χ2n) is 5.02. The molecule has 1 aromatic rings.